The Labute approximate surface area is 150 Å². The smallest absolute Gasteiger partial charge is 0.408 e. The molecule has 0 bridgehead atoms. The van der Waals surface area contributed by atoms with Gasteiger partial charge >= 0.3 is 6.09 Å². The van der Waals surface area contributed by atoms with E-state index in [0.29, 0.717) is 5.82 Å². The molecule has 1 saturated heterocycles. The Kier molecular flexibility index (Phi) is 4.07. The van der Waals surface area contributed by atoms with Crippen LogP contribution in [0, 0.1) is 11.8 Å². The maximum atomic E-state index is 11.8. The summed E-state index contributed by atoms with van der Waals surface area (Å²) in [5.74, 6) is 6.63. The molecule has 0 aliphatic carbocycles. The standard InChI is InChI=1S/C19H15N5O2/c1-24-22-18(21-23-24)17-16(20-19(25)26-17)15-9-5-8-14(12-15)11-10-13-6-3-2-4-7-13/h2-9,12,16-17H,1H3,(H,20,25). The van der Waals surface area contributed by atoms with E-state index in [4.69, 9.17) is 4.74 Å². The molecule has 1 aliphatic rings. The van der Waals surface area contributed by atoms with Gasteiger partial charge in [-0.1, -0.05) is 42.2 Å². The predicted octanol–water partition coefficient (Wildman–Crippen LogP) is 2.13. The van der Waals surface area contributed by atoms with Crippen LogP contribution in [0.25, 0.3) is 0 Å². The number of carbonyl (C=O) groups is 1. The van der Waals surface area contributed by atoms with Gasteiger partial charge in [0.15, 0.2) is 6.10 Å². The first kappa shape index (κ1) is 15.8. The topological polar surface area (TPSA) is 81.9 Å². The van der Waals surface area contributed by atoms with Crippen LogP contribution in [-0.2, 0) is 11.8 Å². The Morgan fingerprint density at radius 3 is 2.62 bits per heavy atom. The maximum absolute atomic E-state index is 11.8. The predicted molar refractivity (Wildman–Crippen MR) is 92.8 cm³/mol. The van der Waals surface area contributed by atoms with Crippen LogP contribution >= 0.6 is 0 Å². The van der Waals surface area contributed by atoms with E-state index in [1.807, 2.05) is 54.6 Å². The van der Waals surface area contributed by atoms with Crippen LogP contribution in [0.1, 0.15) is 34.7 Å². The Hall–Kier alpha value is -3.66. The highest BCUT2D eigenvalue weighted by Crippen LogP contribution is 2.34. The fourth-order valence-electron chi connectivity index (χ4n) is 2.77. The van der Waals surface area contributed by atoms with Crippen molar-refractivity contribution in [3.05, 3.63) is 77.1 Å². The monoisotopic (exact) mass is 345 g/mol. The molecule has 128 valence electrons. The van der Waals surface area contributed by atoms with E-state index >= 15 is 0 Å². The van der Waals surface area contributed by atoms with Gasteiger partial charge < -0.3 is 10.1 Å². The molecule has 1 fully saturated rings. The number of tetrazole rings is 1. The summed E-state index contributed by atoms with van der Waals surface area (Å²) < 4.78 is 5.33. The van der Waals surface area contributed by atoms with Crippen LogP contribution in [-0.4, -0.2) is 26.3 Å². The van der Waals surface area contributed by atoms with Gasteiger partial charge in [0.05, 0.1) is 7.05 Å². The number of alkyl carbamates (subject to hydrolysis) is 1. The lowest BCUT2D eigenvalue weighted by Crippen LogP contribution is -2.20. The van der Waals surface area contributed by atoms with Crippen LogP contribution in [0.5, 0.6) is 0 Å². The molecule has 1 aliphatic heterocycles. The van der Waals surface area contributed by atoms with Crippen molar-refractivity contribution in [1.82, 2.24) is 25.5 Å². The zero-order valence-electron chi connectivity index (χ0n) is 14.0. The number of hydrogen-bond donors (Lipinski definition) is 1. The van der Waals surface area contributed by atoms with Crippen molar-refractivity contribution in [2.24, 2.45) is 7.05 Å². The fourth-order valence-corrected chi connectivity index (χ4v) is 2.77. The minimum absolute atomic E-state index is 0.358. The van der Waals surface area contributed by atoms with Gasteiger partial charge in [0.2, 0.25) is 5.82 Å². The molecular weight excluding hydrogens is 330 g/mol. The van der Waals surface area contributed by atoms with E-state index < -0.39 is 18.2 Å². The summed E-state index contributed by atoms with van der Waals surface area (Å²) in [7, 11) is 1.66. The van der Waals surface area contributed by atoms with Gasteiger partial charge in [0, 0.05) is 11.1 Å². The van der Waals surface area contributed by atoms with Crippen molar-refractivity contribution < 1.29 is 9.53 Å². The van der Waals surface area contributed by atoms with Crippen LogP contribution in [0.15, 0.2) is 54.6 Å². The van der Waals surface area contributed by atoms with E-state index in [0.717, 1.165) is 16.7 Å². The SMILES string of the molecule is Cn1nnc(C2OC(=O)NC2c2cccc(C#Cc3ccccc3)c2)n1. The Bertz CT molecular complexity index is 1000. The summed E-state index contributed by atoms with van der Waals surface area (Å²) in [6.07, 6.45) is -1.14. The lowest BCUT2D eigenvalue weighted by Gasteiger charge is -2.14. The number of aromatic nitrogens is 4. The average molecular weight is 345 g/mol. The van der Waals surface area contributed by atoms with Gasteiger partial charge in [-0.2, -0.15) is 4.80 Å². The van der Waals surface area contributed by atoms with Gasteiger partial charge in [-0.25, -0.2) is 4.79 Å². The van der Waals surface area contributed by atoms with Crippen LogP contribution in [0.2, 0.25) is 0 Å². The van der Waals surface area contributed by atoms with Crippen molar-refractivity contribution in [2.45, 2.75) is 12.1 Å². The summed E-state index contributed by atoms with van der Waals surface area (Å²) in [6.45, 7) is 0. The van der Waals surface area contributed by atoms with Crippen LogP contribution in [0.4, 0.5) is 4.79 Å². The number of ether oxygens (including phenoxy) is 1. The third kappa shape index (κ3) is 3.26. The molecule has 26 heavy (non-hydrogen) atoms. The molecule has 0 saturated carbocycles. The molecule has 2 aromatic carbocycles. The van der Waals surface area contributed by atoms with Crippen molar-refractivity contribution in [3.63, 3.8) is 0 Å². The molecule has 2 atom stereocenters. The number of nitrogens with zero attached hydrogens (tertiary/aromatic N) is 4. The second-order valence-corrected chi connectivity index (χ2v) is 5.83. The Morgan fingerprint density at radius 1 is 1.08 bits per heavy atom. The molecule has 1 aromatic heterocycles. The van der Waals surface area contributed by atoms with Gasteiger partial charge in [-0.05, 0) is 35.0 Å². The van der Waals surface area contributed by atoms with Crippen molar-refractivity contribution >= 4 is 6.09 Å². The Balaban J connectivity index is 1.63. The molecule has 2 heterocycles. The van der Waals surface area contributed by atoms with E-state index in [-0.39, 0.29) is 0 Å². The zero-order valence-corrected chi connectivity index (χ0v) is 14.0. The third-order valence-electron chi connectivity index (χ3n) is 3.96. The summed E-state index contributed by atoms with van der Waals surface area (Å²) in [4.78, 5) is 13.1. The molecule has 3 aromatic rings. The van der Waals surface area contributed by atoms with E-state index in [1.165, 1.54) is 4.80 Å². The molecule has 0 spiro atoms. The molecule has 2 unspecified atom stereocenters. The van der Waals surface area contributed by atoms with E-state index in [1.54, 1.807) is 7.05 Å². The van der Waals surface area contributed by atoms with Crippen molar-refractivity contribution in [3.8, 4) is 11.8 Å². The molecule has 1 N–H and O–H groups in total. The van der Waals surface area contributed by atoms with Gasteiger partial charge in [-0.15, -0.1) is 10.2 Å². The zero-order chi connectivity index (χ0) is 17.9. The number of carbonyl (C=O) groups excluding carboxylic acids is 1. The molecule has 0 radical (unpaired) electrons. The second-order valence-electron chi connectivity index (χ2n) is 5.83. The highest BCUT2D eigenvalue weighted by Gasteiger charge is 2.39. The third-order valence-corrected chi connectivity index (χ3v) is 3.96. The number of amides is 1. The molecular formula is C19H15N5O2. The van der Waals surface area contributed by atoms with Crippen molar-refractivity contribution in [2.75, 3.05) is 0 Å². The van der Waals surface area contributed by atoms with E-state index in [9.17, 15) is 4.79 Å². The van der Waals surface area contributed by atoms with Crippen LogP contribution in [0.3, 0.4) is 0 Å². The highest BCUT2D eigenvalue weighted by molar-refractivity contribution is 5.71. The average Bonchev–Trinajstić information content (AvgIpc) is 3.27. The largest absolute Gasteiger partial charge is 0.435 e. The normalized spacial score (nSPS) is 18.6. The molecule has 1 amide bonds. The summed E-state index contributed by atoms with van der Waals surface area (Å²) >= 11 is 0. The quantitative estimate of drug-likeness (QED) is 0.720. The molecule has 7 heteroatoms. The fraction of sp³-hybridized carbons (Fsp3) is 0.158. The minimum Gasteiger partial charge on any atom is -0.435 e. The summed E-state index contributed by atoms with van der Waals surface area (Å²) in [5.41, 5.74) is 2.66. The maximum Gasteiger partial charge on any atom is 0.408 e. The number of rotatable bonds is 2. The number of aryl methyl sites for hydroxylation is 1. The van der Waals surface area contributed by atoms with Gasteiger partial charge in [0.1, 0.15) is 6.04 Å². The minimum atomic E-state index is -0.631. The van der Waals surface area contributed by atoms with Gasteiger partial charge in [-0.3, -0.25) is 0 Å². The first-order valence-electron chi connectivity index (χ1n) is 8.07. The first-order valence-corrected chi connectivity index (χ1v) is 8.07. The second kappa shape index (κ2) is 6.69. The number of hydrogen-bond acceptors (Lipinski definition) is 5. The number of cyclic esters (lactones) is 1. The highest BCUT2D eigenvalue weighted by atomic mass is 16.6. The summed E-state index contributed by atoms with van der Waals surface area (Å²) in [6, 6.07) is 17.0. The van der Waals surface area contributed by atoms with Gasteiger partial charge in [0.25, 0.3) is 0 Å². The summed E-state index contributed by atoms with van der Waals surface area (Å²) in [5, 5.41) is 14.7. The molecule has 4 rings (SSSR count). The number of benzene rings is 2. The number of nitrogens with one attached hydrogen (secondary N) is 1. The molecule has 7 nitrogen and oxygen atoms in total. The van der Waals surface area contributed by atoms with E-state index in [2.05, 4.69) is 32.6 Å². The van der Waals surface area contributed by atoms with Crippen LogP contribution < -0.4 is 5.32 Å². The Morgan fingerprint density at radius 2 is 1.85 bits per heavy atom. The lowest BCUT2D eigenvalue weighted by atomic mass is 9.99. The first-order chi connectivity index (χ1) is 12.7. The lowest BCUT2D eigenvalue weighted by molar-refractivity contribution is 0.127. The van der Waals surface area contributed by atoms with Crippen molar-refractivity contribution in [1.29, 1.82) is 0 Å².